The number of nitro groups is 1. The Morgan fingerprint density at radius 2 is 2.32 bits per heavy atom. The van der Waals surface area contributed by atoms with Crippen LogP contribution in [0, 0.1) is 10.1 Å². The van der Waals surface area contributed by atoms with Crippen molar-refractivity contribution in [2.75, 3.05) is 25.5 Å². The fraction of sp³-hybridized carbons (Fsp3) is 0.538. The molecule has 0 saturated carbocycles. The highest BCUT2D eigenvalue weighted by molar-refractivity contribution is 5.58. The van der Waals surface area contributed by atoms with Crippen molar-refractivity contribution in [2.45, 2.75) is 25.3 Å². The normalized spacial score (nSPS) is 19.5. The molecule has 6 heteroatoms. The molecule has 6 nitrogen and oxygen atoms in total. The fourth-order valence-electron chi connectivity index (χ4n) is 2.30. The van der Waals surface area contributed by atoms with E-state index in [4.69, 9.17) is 4.74 Å². The van der Waals surface area contributed by atoms with Crippen LogP contribution in [-0.4, -0.2) is 31.2 Å². The first-order valence-electron chi connectivity index (χ1n) is 6.50. The molecular weight excluding hydrogens is 246 g/mol. The molecule has 1 aliphatic heterocycles. The molecule has 104 valence electrons. The molecule has 0 radical (unpaired) electrons. The highest BCUT2D eigenvalue weighted by Crippen LogP contribution is 2.30. The predicted octanol–water partition coefficient (Wildman–Crippen LogP) is 2.16. The van der Waals surface area contributed by atoms with Crippen molar-refractivity contribution in [3.8, 4) is 5.75 Å². The maximum absolute atomic E-state index is 10.8. The lowest BCUT2D eigenvalue weighted by molar-refractivity contribution is -0.385. The second kappa shape index (κ2) is 6.38. The highest BCUT2D eigenvalue weighted by atomic mass is 16.6. The van der Waals surface area contributed by atoms with E-state index >= 15 is 0 Å². The van der Waals surface area contributed by atoms with Gasteiger partial charge in [-0.1, -0.05) is 6.42 Å². The molecule has 2 N–H and O–H groups in total. The molecular formula is C13H19N3O3. The average Bonchev–Trinajstić information content (AvgIpc) is 2.67. The summed E-state index contributed by atoms with van der Waals surface area (Å²) in [5.74, 6) is 0.289. The van der Waals surface area contributed by atoms with Gasteiger partial charge in [0.05, 0.1) is 12.0 Å². The van der Waals surface area contributed by atoms with E-state index in [9.17, 15) is 10.1 Å². The van der Waals surface area contributed by atoms with Gasteiger partial charge in [-0.3, -0.25) is 10.1 Å². The maximum Gasteiger partial charge on any atom is 0.311 e. The van der Waals surface area contributed by atoms with Crippen LogP contribution in [0.5, 0.6) is 5.75 Å². The third kappa shape index (κ3) is 3.57. The first kappa shape index (κ1) is 13.6. The number of hydrogen-bond acceptors (Lipinski definition) is 5. The van der Waals surface area contributed by atoms with Crippen molar-refractivity contribution >= 4 is 11.4 Å². The van der Waals surface area contributed by atoms with E-state index in [1.807, 2.05) is 0 Å². The largest absolute Gasteiger partial charge is 0.490 e. The summed E-state index contributed by atoms with van der Waals surface area (Å²) < 4.78 is 5.06. The van der Waals surface area contributed by atoms with Gasteiger partial charge in [-0.05, 0) is 25.5 Å². The summed E-state index contributed by atoms with van der Waals surface area (Å²) in [5.41, 5.74) is 0.850. The van der Waals surface area contributed by atoms with Gasteiger partial charge in [-0.25, -0.2) is 0 Å². The SMILES string of the molecule is COc1cc(NC2CCCCNC2)ccc1[N+](=O)[O-]. The third-order valence-electron chi connectivity index (χ3n) is 3.29. The van der Waals surface area contributed by atoms with Crippen LogP contribution in [-0.2, 0) is 0 Å². The van der Waals surface area contributed by atoms with Gasteiger partial charge in [-0.2, -0.15) is 0 Å². The average molecular weight is 265 g/mol. The Labute approximate surface area is 112 Å². The molecule has 1 heterocycles. The van der Waals surface area contributed by atoms with Crippen molar-refractivity contribution < 1.29 is 9.66 Å². The quantitative estimate of drug-likeness (QED) is 0.644. The molecule has 1 aliphatic rings. The van der Waals surface area contributed by atoms with Crippen molar-refractivity contribution in [3.63, 3.8) is 0 Å². The summed E-state index contributed by atoms with van der Waals surface area (Å²) in [5, 5.41) is 17.6. The second-order valence-electron chi connectivity index (χ2n) is 4.68. The Morgan fingerprint density at radius 3 is 3.05 bits per heavy atom. The van der Waals surface area contributed by atoms with E-state index in [2.05, 4.69) is 10.6 Å². The fourth-order valence-corrected chi connectivity index (χ4v) is 2.30. The van der Waals surface area contributed by atoms with E-state index in [1.165, 1.54) is 26.0 Å². The van der Waals surface area contributed by atoms with Crippen LogP contribution < -0.4 is 15.4 Å². The molecule has 2 rings (SSSR count). The van der Waals surface area contributed by atoms with Crippen LogP contribution in [0.3, 0.4) is 0 Å². The summed E-state index contributed by atoms with van der Waals surface area (Å²) in [6, 6.07) is 5.24. The Balaban J connectivity index is 2.09. The molecule has 1 fully saturated rings. The second-order valence-corrected chi connectivity index (χ2v) is 4.68. The molecule has 0 aliphatic carbocycles. The summed E-state index contributed by atoms with van der Waals surface area (Å²) in [4.78, 5) is 10.4. The standard InChI is InChI=1S/C13H19N3O3/c1-19-13-8-10(5-6-12(13)16(17)18)15-11-4-2-3-7-14-9-11/h5-6,8,11,14-15H,2-4,7,9H2,1H3. The minimum atomic E-state index is -0.435. The number of hydrogen-bond donors (Lipinski definition) is 2. The molecule has 1 aromatic carbocycles. The zero-order valence-electron chi connectivity index (χ0n) is 11.0. The molecule has 0 bridgehead atoms. The van der Waals surface area contributed by atoms with E-state index in [0.29, 0.717) is 6.04 Å². The number of nitrogens with zero attached hydrogens (tertiary/aromatic N) is 1. The van der Waals surface area contributed by atoms with Gasteiger partial charge in [0.2, 0.25) is 0 Å². The van der Waals surface area contributed by atoms with Gasteiger partial charge in [0, 0.05) is 30.4 Å². The van der Waals surface area contributed by atoms with Gasteiger partial charge in [-0.15, -0.1) is 0 Å². The number of methoxy groups -OCH3 is 1. The molecule has 0 amide bonds. The smallest absolute Gasteiger partial charge is 0.311 e. The molecule has 1 aromatic rings. The van der Waals surface area contributed by atoms with Crippen molar-refractivity contribution in [1.82, 2.24) is 5.32 Å². The van der Waals surface area contributed by atoms with E-state index in [-0.39, 0.29) is 11.4 Å². The lowest BCUT2D eigenvalue weighted by atomic mass is 10.1. The number of nitro benzene ring substituents is 1. The van der Waals surface area contributed by atoms with Gasteiger partial charge >= 0.3 is 5.69 Å². The van der Waals surface area contributed by atoms with Crippen molar-refractivity contribution in [1.29, 1.82) is 0 Å². The Hall–Kier alpha value is -1.82. The predicted molar refractivity (Wildman–Crippen MR) is 73.8 cm³/mol. The summed E-state index contributed by atoms with van der Waals surface area (Å²) in [6.07, 6.45) is 3.49. The van der Waals surface area contributed by atoms with Gasteiger partial charge in [0.1, 0.15) is 0 Å². The lowest BCUT2D eigenvalue weighted by Gasteiger charge is -2.18. The molecule has 0 aromatic heterocycles. The highest BCUT2D eigenvalue weighted by Gasteiger charge is 2.16. The number of nitrogens with one attached hydrogen (secondary N) is 2. The molecule has 1 unspecified atom stereocenters. The topological polar surface area (TPSA) is 76.4 Å². The van der Waals surface area contributed by atoms with Crippen molar-refractivity contribution in [2.24, 2.45) is 0 Å². The Morgan fingerprint density at radius 1 is 1.47 bits per heavy atom. The maximum atomic E-state index is 10.8. The van der Waals surface area contributed by atoms with Gasteiger partial charge in [0.15, 0.2) is 5.75 Å². The van der Waals surface area contributed by atoms with Crippen LogP contribution in [0.25, 0.3) is 0 Å². The van der Waals surface area contributed by atoms with E-state index in [0.717, 1.165) is 25.2 Å². The van der Waals surface area contributed by atoms with E-state index < -0.39 is 4.92 Å². The Bertz CT molecular complexity index is 443. The molecule has 0 spiro atoms. The summed E-state index contributed by atoms with van der Waals surface area (Å²) in [7, 11) is 1.44. The molecule has 19 heavy (non-hydrogen) atoms. The first-order chi connectivity index (χ1) is 9.20. The number of ether oxygens (including phenoxy) is 1. The van der Waals surface area contributed by atoms with Crippen LogP contribution in [0.2, 0.25) is 0 Å². The number of rotatable bonds is 4. The Kier molecular flexibility index (Phi) is 4.57. The van der Waals surface area contributed by atoms with Gasteiger partial charge in [0.25, 0.3) is 0 Å². The van der Waals surface area contributed by atoms with Crippen LogP contribution in [0.15, 0.2) is 18.2 Å². The minimum absolute atomic E-state index is 0.00737. The third-order valence-corrected chi connectivity index (χ3v) is 3.29. The van der Waals surface area contributed by atoms with E-state index in [1.54, 1.807) is 12.1 Å². The minimum Gasteiger partial charge on any atom is -0.490 e. The zero-order chi connectivity index (χ0) is 13.7. The van der Waals surface area contributed by atoms with Gasteiger partial charge < -0.3 is 15.4 Å². The lowest BCUT2D eigenvalue weighted by Crippen LogP contribution is -2.30. The molecule has 1 atom stereocenters. The monoisotopic (exact) mass is 265 g/mol. The van der Waals surface area contributed by atoms with Crippen molar-refractivity contribution in [3.05, 3.63) is 28.3 Å². The molecule has 1 saturated heterocycles. The van der Waals surface area contributed by atoms with Crippen LogP contribution in [0.4, 0.5) is 11.4 Å². The number of anilines is 1. The first-order valence-corrected chi connectivity index (χ1v) is 6.50. The summed E-state index contributed by atoms with van der Waals surface area (Å²) >= 11 is 0. The van der Waals surface area contributed by atoms with Crippen LogP contribution >= 0.6 is 0 Å². The summed E-state index contributed by atoms with van der Waals surface area (Å²) in [6.45, 7) is 1.97. The number of benzene rings is 1. The van der Waals surface area contributed by atoms with Crippen LogP contribution in [0.1, 0.15) is 19.3 Å². The zero-order valence-corrected chi connectivity index (χ0v) is 11.0.